The van der Waals surface area contributed by atoms with E-state index in [9.17, 15) is 0 Å². The molecule has 0 aliphatic carbocycles. The number of nitrogens with one attached hydrogen (secondary N) is 1. The van der Waals surface area contributed by atoms with E-state index in [0.29, 0.717) is 6.67 Å². The zero-order chi connectivity index (χ0) is 17.7. The Balaban J connectivity index is -0.00000220. The molecule has 0 amide bonds. The van der Waals surface area contributed by atoms with Crippen LogP contribution in [0, 0.1) is 0 Å². The van der Waals surface area contributed by atoms with Gasteiger partial charge in [-0.25, -0.2) is 0 Å². The molecule has 24 heavy (non-hydrogen) atoms. The quantitative estimate of drug-likeness (QED) is 0.283. The van der Waals surface area contributed by atoms with E-state index in [2.05, 4.69) is 64.2 Å². The van der Waals surface area contributed by atoms with E-state index >= 15 is 0 Å². The molecule has 1 unspecified atom stereocenters. The maximum Gasteiger partial charge on any atom is 0.315 e. The monoisotopic (exact) mass is 449 g/mol. The molecule has 5 nitrogen and oxygen atoms in total. The van der Waals surface area contributed by atoms with Gasteiger partial charge in [0.1, 0.15) is 0 Å². The first-order chi connectivity index (χ1) is 9.68. The first-order valence-corrected chi connectivity index (χ1v) is 20.4. The maximum absolute atomic E-state index is 6.60. The van der Waals surface area contributed by atoms with Crippen LogP contribution in [0.25, 0.3) is 0 Å². The molecule has 0 heterocycles. The second kappa shape index (κ2) is 11.9. The number of rotatable bonds is 11. The Labute approximate surface area is 167 Å². The summed E-state index contributed by atoms with van der Waals surface area (Å²) in [7, 11) is -7.66. The summed E-state index contributed by atoms with van der Waals surface area (Å²) in [5, 5.41) is 3.17. The fraction of sp³-hybridized carbons (Fsp3) is 1.00. The summed E-state index contributed by atoms with van der Waals surface area (Å²) in [5.74, 6) is 0. The Morgan fingerprint density at radius 1 is 0.792 bits per heavy atom. The summed E-state index contributed by atoms with van der Waals surface area (Å²) in [6.07, 6.45) is 1.03. The number of hydrogen-bond donors (Lipinski definition) is 2. The van der Waals surface area contributed by atoms with Crippen LogP contribution in [0.2, 0.25) is 65.0 Å². The minimum atomic E-state index is -2.23. The van der Waals surface area contributed by atoms with Crippen LogP contribution in [0.3, 0.4) is 0 Å². The summed E-state index contributed by atoms with van der Waals surface area (Å²) in [4.78, 5) is 0. The topological polar surface area (TPSA) is 65.7 Å². The summed E-state index contributed by atoms with van der Waals surface area (Å²) < 4.78 is 19.5. The SMILES string of the molecule is C.C[Si](C)(C)O[Si](C)(C)O[Si](C)(CCCNCN)O[Si](C)(C)C.[V]. The van der Waals surface area contributed by atoms with E-state index < -0.39 is 33.8 Å². The van der Waals surface area contributed by atoms with Gasteiger partial charge in [-0.15, -0.1) is 0 Å². The molecular weight excluding hydrogens is 407 g/mol. The van der Waals surface area contributed by atoms with Crippen molar-refractivity contribution in [3.63, 3.8) is 0 Å². The first kappa shape index (κ1) is 30.0. The van der Waals surface area contributed by atoms with E-state index in [4.69, 9.17) is 18.1 Å². The summed E-state index contributed by atoms with van der Waals surface area (Å²) in [5.41, 5.74) is 5.49. The van der Waals surface area contributed by atoms with Gasteiger partial charge in [-0.05, 0) is 77.9 Å². The normalized spacial score (nSPS) is 15.2. The van der Waals surface area contributed by atoms with Crippen molar-refractivity contribution in [1.82, 2.24) is 5.32 Å². The third-order valence-electron chi connectivity index (χ3n) is 2.66. The molecule has 0 aliphatic heterocycles. The third kappa shape index (κ3) is 16.7. The van der Waals surface area contributed by atoms with Gasteiger partial charge in [0.25, 0.3) is 0 Å². The Bertz CT molecular complexity index is 339. The van der Waals surface area contributed by atoms with E-state index in [1.54, 1.807) is 0 Å². The average Bonchev–Trinajstić information content (AvgIpc) is 2.16. The van der Waals surface area contributed by atoms with Crippen LogP contribution >= 0.6 is 0 Å². The second-order valence-corrected chi connectivity index (χ2v) is 24.8. The van der Waals surface area contributed by atoms with Gasteiger partial charge >= 0.3 is 17.1 Å². The van der Waals surface area contributed by atoms with Gasteiger partial charge in [-0.3, -0.25) is 0 Å². The molecule has 0 saturated carbocycles. The van der Waals surface area contributed by atoms with Crippen LogP contribution in [-0.2, 0) is 30.9 Å². The molecular formula is C14H42N2O3Si4V. The number of nitrogens with two attached hydrogens (primary N) is 1. The molecule has 0 spiro atoms. The molecule has 0 bridgehead atoms. The minimum absolute atomic E-state index is 0. The fourth-order valence-electron chi connectivity index (χ4n) is 2.69. The van der Waals surface area contributed by atoms with Gasteiger partial charge < -0.3 is 23.4 Å². The van der Waals surface area contributed by atoms with Crippen LogP contribution < -0.4 is 11.1 Å². The standard InChI is InChI=1S/C13H38N2O3Si4.CH4.V/c1-19(2,3)16-21(7,8)18-22(9,17-20(4,5)6)12-10-11-15-13-14;;/h15H,10-14H2,1-9H3;1H4;. The van der Waals surface area contributed by atoms with Crippen molar-refractivity contribution >= 4 is 33.8 Å². The van der Waals surface area contributed by atoms with Crippen molar-refractivity contribution in [2.24, 2.45) is 5.73 Å². The van der Waals surface area contributed by atoms with Crippen molar-refractivity contribution < 1.29 is 30.9 Å². The molecule has 0 aromatic rings. The van der Waals surface area contributed by atoms with Crippen molar-refractivity contribution in [3.05, 3.63) is 0 Å². The van der Waals surface area contributed by atoms with Crippen LogP contribution in [0.1, 0.15) is 13.8 Å². The predicted molar refractivity (Wildman–Crippen MR) is 112 cm³/mol. The average molecular weight is 450 g/mol. The van der Waals surface area contributed by atoms with Crippen molar-refractivity contribution in [2.45, 2.75) is 78.8 Å². The molecule has 1 radical (unpaired) electrons. The molecule has 147 valence electrons. The Kier molecular flexibility index (Phi) is 14.8. The van der Waals surface area contributed by atoms with Gasteiger partial charge in [0.05, 0.1) is 0 Å². The van der Waals surface area contributed by atoms with Gasteiger partial charge in [0, 0.05) is 25.2 Å². The molecule has 0 aromatic carbocycles. The van der Waals surface area contributed by atoms with Crippen molar-refractivity contribution in [1.29, 1.82) is 0 Å². The molecule has 0 aromatic heterocycles. The molecule has 0 saturated heterocycles. The Morgan fingerprint density at radius 2 is 1.25 bits per heavy atom. The largest absolute Gasteiger partial charge is 0.437 e. The molecule has 0 rings (SSSR count). The molecule has 0 aliphatic rings. The van der Waals surface area contributed by atoms with E-state index in [1.807, 2.05) is 0 Å². The fourth-order valence-corrected chi connectivity index (χ4v) is 20.6. The van der Waals surface area contributed by atoms with E-state index in [0.717, 1.165) is 19.0 Å². The summed E-state index contributed by atoms with van der Waals surface area (Å²) in [6.45, 7) is 21.3. The van der Waals surface area contributed by atoms with Crippen molar-refractivity contribution in [3.8, 4) is 0 Å². The molecule has 10 heteroatoms. The smallest absolute Gasteiger partial charge is 0.315 e. The van der Waals surface area contributed by atoms with Gasteiger partial charge in [0.2, 0.25) is 0 Å². The third-order valence-corrected chi connectivity index (χ3v) is 16.2. The van der Waals surface area contributed by atoms with E-state index in [-0.39, 0.29) is 26.0 Å². The molecule has 1 atom stereocenters. The van der Waals surface area contributed by atoms with Crippen LogP contribution in [-0.4, -0.2) is 47.0 Å². The van der Waals surface area contributed by atoms with Gasteiger partial charge in [-0.2, -0.15) is 0 Å². The van der Waals surface area contributed by atoms with Crippen molar-refractivity contribution in [2.75, 3.05) is 13.2 Å². The maximum atomic E-state index is 6.60. The Hall–Kier alpha value is 1.25. The molecule has 0 fully saturated rings. The van der Waals surface area contributed by atoms with Gasteiger partial charge in [0.15, 0.2) is 16.6 Å². The van der Waals surface area contributed by atoms with Gasteiger partial charge in [-0.1, -0.05) is 7.43 Å². The molecule has 3 N–H and O–H groups in total. The van der Waals surface area contributed by atoms with Crippen LogP contribution in [0.15, 0.2) is 0 Å². The summed E-state index contributed by atoms with van der Waals surface area (Å²) >= 11 is 0. The minimum Gasteiger partial charge on any atom is -0.437 e. The first-order valence-electron chi connectivity index (χ1n) is 8.19. The zero-order valence-electron chi connectivity index (χ0n) is 16.6. The number of hydrogen-bond acceptors (Lipinski definition) is 5. The van der Waals surface area contributed by atoms with Crippen LogP contribution in [0.5, 0.6) is 0 Å². The summed E-state index contributed by atoms with van der Waals surface area (Å²) in [6, 6.07) is 0.982. The Morgan fingerprint density at radius 3 is 1.62 bits per heavy atom. The predicted octanol–water partition coefficient (Wildman–Crippen LogP) is 4.01. The van der Waals surface area contributed by atoms with Crippen LogP contribution in [0.4, 0.5) is 0 Å². The van der Waals surface area contributed by atoms with E-state index in [1.165, 1.54) is 0 Å². The second-order valence-electron chi connectivity index (χ2n) is 8.37. The zero-order valence-corrected chi connectivity index (χ0v) is 22.0.